The molecule has 0 aromatic carbocycles. The zero-order valence-corrected chi connectivity index (χ0v) is 63.6. The minimum absolute atomic E-state index is 0.106. The van der Waals surface area contributed by atoms with Crippen molar-refractivity contribution in [3.05, 3.63) is 0 Å². The van der Waals surface area contributed by atoms with E-state index >= 15 is 0 Å². The average molecular weight is 1400 g/mol. The fourth-order valence-corrected chi connectivity index (χ4v) is 13.3. The Morgan fingerprint density at radius 2 is 0.484 bits per heavy atom. The SMILES string of the molecule is CCCCCCCCCCCCCCCCCCCCCC(=O)OC[C@H](COP(=O)(O)OC[C@@H](O)COP(=O)(O)OC[C@@H](COC(=O)CCCCCCCCC)OC(=O)CCCCCCCCCCCC)OC(=O)CCCCCCCCCCCCCCCCCCC(C)C. The normalized spacial score (nSPS) is 13.9. The van der Waals surface area contributed by atoms with Crippen LogP contribution in [0.4, 0.5) is 0 Å². The van der Waals surface area contributed by atoms with Crippen molar-refractivity contribution in [1.82, 2.24) is 0 Å². The Bertz CT molecular complexity index is 1820. The van der Waals surface area contributed by atoms with E-state index in [0.717, 1.165) is 109 Å². The molecular formula is C76H148O17P2. The van der Waals surface area contributed by atoms with Crippen LogP contribution in [0.15, 0.2) is 0 Å². The Balaban J connectivity index is 5.15. The molecule has 0 bridgehead atoms. The van der Waals surface area contributed by atoms with Crippen LogP contribution in [0.25, 0.3) is 0 Å². The van der Waals surface area contributed by atoms with E-state index in [9.17, 15) is 43.2 Å². The number of phosphoric acid groups is 2. The van der Waals surface area contributed by atoms with Crippen LogP contribution >= 0.6 is 15.6 Å². The summed E-state index contributed by atoms with van der Waals surface area (Å²) in [6.45, 7) is 7.27. The molecule has 95 heavy (non-hydrogen) atoms. The van der Waals surface area contributed by atoms with E-state index in [0.29, 0.717) is 25.7 Å². The predicted octanol–water partition coefficient (Wildman–Crippen LogP) is 22.5. The van der Waals surface area contributed by atoms with Crippen molar-refractivity contribution in [3.63, 3.8) is 0 Å². The van der Waals surface area contributed by atoms with E-state index < -0.39 is 97.5 Å². The van der Waals surface area contributed by atoms with Gasteiger partial charge in [0, 0.05) is 25.7 Å². The summed E-state index contributed by atoms with van der Waals surface area (Å²) in [7, 11) is -9.90. The second kappa shape index (κ2) is 69.2. The lowest BCUT2D eigenvalue weighted by Crippen LogP contribution is -2.30. The highest BCUT2D eigenvalue weighted by Gasteiger charge is 2.30. The van der Waals surface area contributed by atoms with Gasteiger partial charge >= 0.3 is 39.5 Å². The molecule has 0 radical (unpaired) electrons. The summed E-state index contributed by atoms with van der Waals surface area (Å²) in [5, 5.41) is 10.6. The number of esters is 4. The van der Waals surface area contributed by atoms with Gasteiger partial charge in [0.05, 0.1) is 26.4 Å². The molecule has 0 amide bonds. The fourth-order valence-electron chi connectivity index (χ4n) is 11.7. The third kappa shape index (κ3) is 70.3. The van der Waals surface area contributed by atoms with Gasteiger partial charge in [-0.1, -0.05) is 349 Å². The predicted molar refractivity (Wildman–Crippen MR) is 386 cm³/mol. The first-order valence-electron chi connectivity index (χ1n) is 39.6. The summed E-state index contributed by atoms with van der Waals surface area (Å²) in [5.41, 5.74) is 0. The van der Waals surface area contributed by atoms with Crippen molar-refractivity contribution in [2.75, 3.05) is 39.6 Å². The number of phosphoric ester groups is 2. The molecule has 0 saturated heterocycles. The lowest BCUT2D eigenvalue weighted by atomic mass is 10.0. The molecule has 2 unspecified atom stereocenters. The Labute approximate surface area is 581 Å². The number of unbranched alkanes of at least 4 members (excludes halogenated alkanes) is 48. The molecule has 0 heterocycles. The summed E-state index contributed by atoms with van der Waals surface area (Å²) in [4.78, 5) is 72.6. The zero-order chi connectivity index (χ0) is 69.8. The molecule has 0 saturated carbocycles. The number of hydrogen-bond donors (Lipinski definition) is 3. The minimum Gasteiger partial charge on any atom is -0.462 e. The summed E-state index contributed by atoms with van der Waals surface area (Å²) >= 11 is 0. The number of aliphatic hydroxyl groups excluding tert-OH is 1. The second-order valence-corrected chi connectivity index (χ2v) is 30.8. The van der Waals surface area contributed by atoms with Crippen LogP contribution in [0.2, 0.25) is 0 Å². The van der Waals surface area contributed by atoms with Crippen LogP contribution in [0.3, 0.4) is 0 Å². The first kappa shape index (κ1) is 93.1. The summed E-state index contributed by atoms with van der Waals surface area (Å²) in [6, 6.07) is 0. The van der Waals surface area contributed by atoms with Crippen molar-refractivity contribution in [1.29, 1.82) is 0 Å². The third-order valence-electron chi connectivity index (χ3n) is 17.8. The molecule has 0 rings (SSSR count). The molecule has 0 aromatic heterocycles. The van der Waals surface area contributed by atoms with Crippen molar-refractivity contribution < 1.29 is 80.2 Å². The topological polar surface area (TPSA) is 237 Å². The zero-order valence-electron chi connectivity index (χ0n) is 61.8. The van der Waals surface area contributed by atoms with Gasteiger partial charge in [0.2, 0.25) is 0 Å². The summed E-state index contributed by atoms with van der Waals surface area (Å²) < 4.78 is 68.4. The van der Waals surface area contributed by atoms with Gasteiger partial charge in [-0.25, -0.2) is 9.13 Å². The Kier molecular flexibility index (Phi) is 67.7. The molecule has 564 valence electrons. The van der Waals surface area contributed by atoms with Crippen LogP contribution in [-0.4, -0.2) is 96.7 Å². The molecular weight excluding hydrogens is 1250 g/mol. The Hall–Kier alpha value is -1.94. The molecule has 0 aliphatic rings. The first-order chi connectivity index (χ1) is 46.0. The Morgan fingerprint density at radius 3 is 0.716 bits per heavy atom. The van der Waals surface area contributed by atoms with Crippen LogP contribution in [0.5, 0.6) is 0 Å². The number of hydrogen-bond acceptors (Lipinski definition) is 15. The molecule has 0 aliphatic heterocycles. The number of rotatable bonds is 76. The molecule has 3 N–H and O–H groups in total. The van der Waals surface area contributed by atoms with Crippen LogP contribution in [0, 0.1) is 5.92 Å². The van der Waals surface area contributed by atoms with Crippen molar-refractivity contribution in [2.24, 2.45) is 5.92 Å². The van der Waals surface area contributed by atoms with Gasteiger partial charge in [0.25, 0.3) is 0 Å². The lowest BCUT2D eigenvalue weighted by Gasteiger charge is -2.21. The smallest absolute Gasteiger partial charge is 0.462 e. The van der Waals surface area contributed by atoms with Gasteiger partial charge in [0.15, 0.2) is 12.2 Å². The van der Waals surface area contributed by atoms with E-state index in [1.807, 2.05) is 0 Å². The maximum absolute atomic E-state index is 13.1. The highest BCUT2D eigenvalue weighted by molar-refractivity contribution is 7.47. The van der Waals surface area contributed by atoms with E-state index in [1.165, 1.54) is 212 Å². The van der Waals surface area contributed by atoms with Crippen molar-refractivity contribution in [3.8, 4) is 0 Å². The molecule has 0 fully saturated rings. The first-order valence-corrected chi connectivity index (χ1v) is 42.6. The van der Waals surface area contributed by atoms with E-state index in [1.54, 1.807) is 0 Å². The summed E-state index contributed by atoms with van der Waals surface area (Å²) in [6.07, 6.45) is 58.5. The van der Waals surface area contributed by atoms with Crippen molar-refractivity contribution >= 4 is 39.5 Å². The lowest BCUT2D eigenvalue weighted by molar-refractivity contribution is -0.161. The Morgan fingerprint density at radius 1 is 0.284 bits per heavy atom. The highest BCUT2D eigenvalue weighted by Crippen LogP contribution is 2.45. The largest absolute Gasteiger partial charge is 0.472 e. The molecule has 0 spiro atoms. The van der Waals surface area contributed by atoms with Crippen molar-refractivity contribution in [2.45, 2.75) is 419 Å². The van der Waals surface area contributed by atoms with Crippen LogP contribution in [-0.2, 0) is 65.4 Å². The standard InChI is InChI=1S/C76H148O17P2/c1-6-9-12-15-18-20-22-23-24-25-26-27-31-34-37-41-45-50-55-60-74(79)87-66-72(93-76(81)62-57-52-47-42-38-35-32-29-28-30-33-36-39-44-48-53-58-69(4)5)68-91-95(84,85)89-64-70(77)63-88-94(82,83)90-67-71(65-86-73(78)59-54-49-43-17-14-11-8-3)92-75(80)61-56-51-46-40-21-19-16-13-10-7-2/h69-72,77H,6-68H2,1-5H3,(H,82,83)(H,84,85)/t70-,71+,72+/m0/s1. The van der Waals surface area contributed by atoms with Gasteiger partial charge in [-0.05, 0) is 31.6 Å². The number of carbonyl (C=O) groups excluding carboxylic acids is 4. The number of carbonyl (C=O) groups is 4. The minimum atomic E-state index is -4.96. The van der Waals surface area contributed by atoms with Crippen LogP contribution in [0.1, 0.15) is 401 Å². The van der Waals surface area contributed by atoms with E-state index in [2.05, 4.69) is 34.6 Å². The van der Waals surface area contributed by atoms with Gasteiger partial charge in [-0.2, -0.15) is 0 Å². The molecule has 5 atom stereocenters. The monoisotopic (exact) mass is 1400 g/mol. The number of aliphatic hydroxyl groups is 1. The summed E-state index contributed by atoms with van der Waals surface area (Å²) in [5.74, 6) is -1.31. The highest BCUT2D eigenvalue weighted by atomic mass is 31.2. The van der Waals surface area contributed by atoms with Gasteiger partial charge in [-0.3, -0.25) is 37.3 Å². The molecule has 19 heteroatoms. The van der Waals surface area contributed by atoms with Gasteiger partial charge in [0.1, 0.15) is 19.3 Å². The average Bonchev–Trinajstić information content (AvgIpc) is 1.96. The van der Waals surface area contributed by atoms with Gasteiger partial charge in [-0.15, -0.1) is 0 Å². The fraction of sp³-hybridized carbons (Fsp3) is 0.947. The maximum Gasteiger partial charge on any atom is 0.472 e. The number of ether oxygens (including phenoxy) is 4. The molecule has 17 nitrogen and oxygen atoms in total. The van der Waals surface area contributed by atoms with E-state index in [4.69, 9.17) is 37.0 Å². The third-order valence-corrected chi connectivity index (χ3v) is 19.7. The quantitative estimate of drug-likeness (QED) is 0.0222. The molecule has 0 aliphatic carbocycles. The second-order valence-electron chi connectivity index (χ2n) is 27.9. The molecule has 0 aromatic rings. The maximum atomic E-state index is 13.1. The van der Waals surface area contributed by atoms with Crippen LogP contribution < -0.4 is 0 Å². The van der Waals surface area contributed by atoms with E-state index in [-0.39, 0.29) is 25.7 Å². The van der Waals surface area contributed by atoms with Gasteiger partial charge < -0.3 is 33.8 Å².